The first-order valence-electron chi connectivity index (χ1n) is 6.20. The molecule has 1 aliphatic carbocycles. The molecule has 1 unspecified atom stereocenters. The van der Waals surface area contributed by atoms with Crippen LogP contribution in [0.4, 0.5) is 0 Å². The Morgan fingerprint density at radius 1 is 1.33 bits per heavy atom. The van der Waals surface area contributed by atoms with Crippen LogP contribution in [-0.4, -0.2) is 23.2 Å². The Kier molecular flexibility index (Phi) is 7.20. The van der Waals surface area contributed by atoms with Gasteiger partial charge >= 0.3 is 0 Å². The molecule has 1 aliphatic rings. The number of rotatable bonds is 5. The summed E-state index contributed by atoms with van der Waals surface area (Å²) in [7, 11) is 0. The minimum Gasteiger partial charge on any atom is -0.389 e. The molecule has 0 aromatic heterocycles. The van der Waals surface area contributed by atoms with Crippen molar-refractivity contribution in [2.75, 3.05) is 12.0 Å². The van der Waals surface area contributed by atoms with Crippen molar-refractivity contribution in [2.24, 2.45) is 0 Å². The molecule has 15 heavy (non-hydrogen) atoms. The number of thioether (sulfide) groups is 1. The summed E-state index contributed by atoms with van der Waals surface area (Å²) in [6.45, 7) is 0. The van der Waals surface area contributed by atoms with Gasteiger partial charge in [0.25, 0.3) is 0 Å². The first kappa shape index (κ1) is 13.1. The number of hydrogen-bond acceptors (Lipinski definition) is 2. The zero-order valence-electron chi connectivity index (χ0n) is 9.87. The maximum Gasteiger partial charge on any atom is 0.0750 e. The highest BCUT2D eigenvalue weighted by molar-refractivity contribution is 7.98. The number of hydrogen-bond donors (Lipinski definition) is 1. The Balaban J connectivity index is 2.30. The van der Waals surface area contributed by atoms with Crippen LogP contribution in [0.15, 0.2) is 11.6 Å². The zero-order valence-corrected chi connectivity index (χ0v) is 10.7. The van der Waals surface area contributed by atoms with E-state index < -0.39 is 0 Å². The summed E-state index contributed by atoms with van der Waals surface area (Å²) < 4.78 is 0. The third kappa shape index (κ3) is 5.62. The van der Waals surface area contributed by atoms with Crippen molar-refractivity contribution >= 4 is 11.8 Å². The molecule has 1 nitrogen and oxygen atoms in total. The second kappa shape index (κ2) is 8.23. The van der Waals surface area contributed by atoms with Crippen LogP contribution in [0.1, 0.15) is 51.4 Å². The Hall–Kier alpha value is 0.0500. The molecule has 0 spiro atoms. The van der Waals surface area contributed by atoms with E-state index in [-0.39, 0.29) is 6.10 Å². The van der Waals surface area contributed by atoms with Crippen molar-refractivity contribution < 1.29 is 5.11 Å². The van der Waals surface area contributed by atoms with Crippen LogP contribution >= 0.6 is 11.8 Å². The van der Waals surface area contributed by atoms with Gasteiger partial charge in [-0.3, -0.25) is 0 Å². The second-order valence-corrected chi connectivity index (χ2v) is 5.37. The summed E-state index contributed by atoms with van der Waals surface area (Å²) in [5.41, 5.74) is 1.32. The number of aliphatic hydroxyl groups is 1. The Bertz CT molecular complexity index is 189. The third-order valence-electron chi connectivity index (χ3n) is 3.08. The van der Waals surface area contributed by atoms with E-state index in [0.29, 0.717) is 0 Å². The van der Waals surface area contributed by atoms with E-state index in [2.05, 4.69) is 12.3 Å². The molecule has 1 rings (SSSR count). The van der Waals surface area contributed by atoms with Crippen LogP contribution in [0.2, 0.25) is 0 Å². The van der Waals surface area contributed by atoms with Crippen molar-refractivity contribution in [3.8, 4) is 0 Å². The number of aliphatic hydroxyl groups excluding tert-OH is 1. The molecule has 0 aromatic carbocycles. The quantitative estimate of drug-likeness (QED) is 0.571. The minimum atomic E-state index is -0.157. The van der Waals surface area contributed by atoms with E-state index in [4.69, 9.17) is 0 Å². The summed E-state index contributed by atoms with van der Waals surface area (Å²) in [6.07, 6.45) is 13.9. The van der Waals surface area contributed by atoms with Crippen LogP contribution < -0.4 is 0 Å². The molecule has 0 saturated heterocycles. The monoisotopic (exact) mass is 228 g/mol. The second-order valence-electron chi connectivity index (χ2n) is 4.38. The Morgan fingerprint density at radius 3 is 2.93 bits per heavy atom. The number of allylic oxidation sites excluding steroid dienone is 1. The van der Waals surface area contributed by atoms with E-state index in [1.807, 2.05) is 11.8 Å². The third-order valence-corrected chi connectivity index (χ3v) is 3.78. The largest absolute Gasteiger partial charge is 0.389 e. The summed E-state index contributed by atoms with van der Waals surface area (Å²) in [5.74, 6) is 1.17. The van der Waals surface area contributed by atoms with Gasteiger partial charge in [0.2, 0.25) is 0 Å². The first-order chi connectivity index (χ1) is 7.34. The van der Waals surface area contributed by atoms with Crippen molar-refractivity contribution in [3.05, 3.63) is 11.6 Å². The summed E-state index contributed by atoms with van der Waals surface area (Å²) in [6, 6.07) is 0. The smallest absolute Gasteiger partial charge is 0.0750 e. The summed E-state index contributed by atoms with van der Waals surface area (Å²) in [5, 5.41) is 10.0. The van der Waals surface area contributed by atoms with Gasteiger partial charge in [0, 0.05) is 0 Å². The van der Waals surface area contributed by atoms with Gasteiger partial charge in [0.05, 0.1) is 6.10 Å². The fourth-order valence-electron chi connectivity index (χ4n) is 2.13. The van der Waals surface area contributed by atoms with Gasteiger partial charge in [-0.15, -0.1) is 0 Å². The SMILES string of the molecule is CSCCCC(O)C1=CCCCCCC1. The fraction of sp³-hybridized carbons (Fsp3) is 0.846. The van der Waals surface area contributed by atoms with Crippen LogP contribution in [0, 0.1) is 0 Å². The molecule has 0 amide bonds. The molecule has 1 N–H and O–H groups in total. The van der Waals surface area contributed by atoms with Gasteiger partial charge < -0.3 is 5.11 Å². The van der Waals surface area contributed by atoms with Gasteiger partial charge in [0.15, 0.2) is 0 Å². The molecule has 0 heterocycles. The van der Waals surface area contributed by atoms with E-state index in [1.165, 1.54) is 43.4 Å². The lowest BCUT2D eigenvalue weighted by molar-refractivity contribution is 0.194. The van der Waals surface area contributed by atoms with Crippen LogP contribution in [0.5, 0.6) is 0 Å². The van der Waals surface area contributed by atoms with Crippen molar-refractivity contribution in [1.29, 1.82) is 0 Å². The molecule has 0 saturated carbocycles. The molecular weight excluding hydrogens is 204 g/mol. The average molecular weight is 228 g/mol. The Morgan fingerprint density at radius 2 is 2.13 bits per heavy atom. The van der Waals surface area contributed by atoms with Crippen LogP contribution in [-0.2, 0) is 0 Å². The van der Waals surface area contributed by atoms with Gasteiger partial charge in [-0.2, -0.15) is 11.8 Å². The predicted octanol–water partition coefficient (Wildman–Crippen LogP) is 3.77. The zero-order chi connectivity index (χ0) is 10.9. The maximum absolute atomic E-state index is 10.0. The highest BCUT2D eigenvalue weighted by atomic mass is 32.2. The first-order valence-corrected chi connectivity index (χ1v) is 7.60. The topological polar surface area (TPSA) is 20.2 Å². The van der Waals surface area contributed by atoms with Crippen LogP contribution in [0.25, 0.3) is 0 Å². The highest BCUT2D eigenvalue weighted by Gasteiger charge is 2.11. The lowest BCUT2D eigenvalue weighted by Gasteiger charge is -2.17. The van der Waals surface area contributed by atoms with Gasteiger partial charge in [-0.05, 0) is 56.1 Å². The molecule has 1 atom stereocenters. The summed E-state index contributed by atoms with van der Waals surface area (Å²) in [4.78, 5) is 0. The maximum atomic E-state index is 10.0. The van der Waals surface area contributed by atoms with Gasteiger partial charge in [0.1, 0.15) is 0 Å². The Labute approximate surface area is 98.3 Å². The van der Waals surface area contributed by atoms with E-state index in [1.54, 1.807) is 0 Å². The lowest BCUT2D eigenvalue weighted by atomic mass is 9.94. The normalized spacial score (nSPS) is 20.3. The minimum absolute atomic E-state index is 0.157. The van der Waals surface area contributed by atoms with Crippen molar-refractivity contribution in [1.82, 2.24) is 0 Å². The predicted molar refractivity (Wildman–Crippen MR) is 69.4 cm³/mol. The molecule has 2 heteroatoms. The van der Waals surface area contributed by atoms with Crippen molar-refractivity contribution in [3.63, 3.8) is 0 Å². The van der Waals surface area contributed by atoms with E-state index >= 15 is 0 Å². The van der Waals surface area contributed by atoms with Gasteiger partial charge in [-0.1, -0.05) is 18.9 Å². The lowest BCUT2D eigenvalue weighted by Crippen LogP contribution is -2.11. The fourth-order valence-corrected chi connectivity index (χ4v) is 2.58. The van der Waals surface area contributed by atoms with Crippen LogP contribution in [0.3, 0.4) is 0 Å². The highest BCUT2D eigenvalue weighted by Crippen LogP contribution is 2.21. The van der Waals surface area contributed by atoms with E-state index in [9.17, 15) is 5.11 Å². The summed E-state index contributed by atoms with van der Waals surface area (Å²) >= 11 is 1.87. The standard InChI is InChI=1S/C13H24OS/c1-15-11-7-10-13(14)12-8-5-3-2-4-6-9-12/h8,13-14H,2-7,9-11H2,1H3. The molecule has 0 aromatic rings. The molecule has 0 aliphatic heterocycles. The average Bonchev–Trinajstić information content (AvgIpc) is 2.17. The van der Waals surface area contributed by atoms with Gasteiger partial charge in [-0.25, -0.2) is 0 Å². The molecular formula is C13H24OS. The molecule has 0 bridgehead atoms. The van der Waals surface area contributed by atoms with Crippen molar-refractivity contribution in [2.45, 2.75) is 57.5 Å². The van der Waals surface area contributed by atoms with E-state index in [0.717, 1.165) is 19.3 Å². The molecule has 0 radical (unpaired) electrons. The molecule has 0 fully saturated rings. The molecule has 88 valence electrons.